The van der Waals surface area contributed by atoms with Crippen LogP contribution >= 0.6 is 0 Å². The van der Waals surface area contributed by atoms with Gasteiger partial charge in [0.05, 0.1) is 17.5 Å². The number of aryl methyl sites for hydroxylation is 3. The molecule has 6 heteroatoms. The van der Waals surface area contributed by atoms with E-state index in [1.807, 2.05) is 45.9 Å². The van der Waals surface area contributed by atoms with Crippen molar-refractivity contribution in [2.24, 2.45) is 0 Å². The summed E-state index contributed by atoms with van der Waals surface area (Å²) in [7, 11) is 0. The number of nitrogens with zero attached hydrogens (tertiary/aromatic N) is 2. The molecular formula is C20H21N3O3. The van der Waals surface area contributed by atoms with Crippen LogP contribution in [0.3, 0.4) is 0 Å². The van der Waals surface area contributed by atoms with Gasteiger partial charge in [0, 0.05) is 5.69 Å². The Morgan fingerprint density at radius 3 is 2.62 bits per heavy atom. The summed E-state index contributed by atoms with van der Waals surface area (Å²) in [6.45, 7) is 8.04. The predicted octanol–water partition coefficient (Wildman–Crippen LogP) is 4.13. The number of hydrogen-bond donors (Lipinski definition) is 1. The van der Waals surface area contributed by atoms with E-state index in [1.54, 1.807) is 12.1 Å². The SMILES string of the molecule is Cc1cccc(NC(=O)c2ccc(OCc3c(C)noc3C)cn2)c1C. The third-order valence-electron chi connectivity index (χ3n) is 4.39. The molecule has 0 saturated carbocycles. The zero-order valence-electron chi connectivity index (χ0n) is 15.3. The largest absolute Gasteiger partial charge is 0.487 e. The van der Waals surface area contributed by atoms with Crippen LogP contribution in [0, 0.1) is 27.7 Å². The van der Waals surface area contributed by atoms with Crippen LogP contribution in [0.5, 0.6) is 5.75 Å². The highest BCUT2D eigenvalue weighted by Gasteiger charge is 2.12. The normalized spacial score (nSPS) is 10.6. The number of benzene rings is 1. The summed E-state index contributed by atoms with van der Waals surface area (Å²) in [4.78, 5) is 16.6. The number of rotatable bonds is 5. The maximum atomic E-state index is 12.4. The number of anilines is 1. The molecule has 134 valence electrons. The molecule has 0 fully saturated rings. The van der Waals surface area contributed by atoms with Gasteiger partial charge in [0.15, 0.2) is 0 Å². The second kappa shape index (κ2) is 7.39. The van der Waals surface area contributed by atoms with E-state index in [0.717, 1.165) is 33.8 Å². The first-order valence-corrected chi connectivity index (χ1v) is 8.34. The molecule has 0 aliphatic carbocycles. The predicted molar refractivity (Wildman–Crippen MR) is 98.4 cm³/mol. The number of hydrogen-bond acceptors (Lipinski definition) is 5. The number of nitrogens with one attached hydrogen (secondary N) is 1. The quantitative estimate of drug-likeness (QED) is 0.748. The van der Waals surface area contributed by atoms with Crippen molar-refractivity contribution >= 4 is 11.6 Å². The summed E-state index contributed by atoms with van der Waals surface area (Å²) in [5.41, 5.74) is 5.01. The van der Waals surface area contributed by atoms with Crippen molar-refractivity contribution in [1.82, 2.24) is 10.1 Å². The van der Waals surface area contributed by atoms with E-state index in [-0.39, 0.29) is 5.91 Å². The Morgan fingerprint density at radius 1 is 1.15 bits per heavy atom. The minimum atomic E-state index is -0.254. The Labute approximate surface area is 152 Å². The Bertz CT molecular complexity index is 910. The lowest BCUT2D eigenvalue weighted by Crippen LogP contribution is -2.14. The van der Waals surface area contributed by atoms with Gasteiger partial charge >= 0.3 is 0 Å². The molecule has 3 rings (SSSR count). The third kappa shape index (κ3) is 3.74. The van der Waals surface area contributed by atoms with Crippen LogP contribution in [0.15, 0.2) is 41.1 Å². The van der Waals surface area contributed by atoms with Gasteiger partial charge < -0.3 is 14.6 Å². The Kier molecular flexibility index (Phi) is 5.02. The second-order valence-corrected chi connectivity index (χ2v) is 6.17. The standard InChI is InChI=1S/C20H21N3O3/c1-12-6-5-7-18(13(12)2)22-20(24)19-9-8-16(10-21-19)25-11-17-14(3)23-26-15(17)4/h5-10H,11H2,1-4H3,(H,22,24). The van der Waals surface area contributed by atoms with E-state index in [4.69, 9.17) is 9.26 Å². The zero-order chi connectivity index (χ0) is 18.7. The maximum Gasteiger partial charge on any atom is 0.274 e. The molecule has 0 radical (unpaired) electrons. The molecule has 2 aromatic heterocycles. The van der Waals surface area contributed by atoms with Gasteiger partial charge in [0.1, 0.15) is 23.8 Å². The summed E-state index contributed by atoms with van der Waals surface area (Å²) < 4.78 is 10.8. The van der Waals surface area contributed by atoms with Gasteiger partial charge in [-0.2, -0.15) is 0 Å². The number of ether oxygens (including phenoxy) is 1. The molecule has 0 unspecified atom stereocenters. The average molecular weight is 351 g/mol. The van der Waals surface area contributed by atoms with Gasteiger partial charge in [-0.25, -0.2) is 4.98 Å². The lowest BCUT2D eigenvalue weighted by Gasteiger charge is -2.10. The molecule has 1 N–H and O–H groups in total. The van der Waals surface area contributed by atoms with E-state index >= 15 is 0 Å². The average Bonchev–Trinajstić information content (AvgIpc) is 2.95. The first-order valence-electron chi connectivity index (χ1n) is 8.34. The molecule has 26 heavy (non-hydrogen) atoms. The van der Waals surface area contributed by atoms with E-state index in [9.17, 15) is 4.79 Å². The highest BCUT2D eigenvalue weighted by atomic mass is 16.5. The molecule has 0 atom stereocenters. The van der Waals surface area contributed by atoms with Crippen LogP contribution in [0.4, 0.5) is 5.69 Å². The number of aromatic nitrogens is 2. The molecule has 0 aliphatic heterocycles. The first kappa shape index (κ1) is 17.7. The number of carbonyl (C=O) groups is 1. The number of pyridine rings is 1. The fourth-order valence-corrected chi connectivity index (χ4v) is 2.54. The minimum absolute atomic E-state index is 0.254. The van der Waals surface area contributed by atoms with Crippen LogP contribution < -0.4 is 10.1 Å². The summed E-state index contributed by atoms with van der Waals surface area (Å²) in [6, 6.07) is 9.17. The molecule has 3 aromatic rings. The van der Waals surface area contributed by atoms with E-state index < -0.39 is 0 Å². The monoisotopic (exact) mass is 351 g/mol. The van der Waals surface area contributed by atoms with Crippen LogP contribution in [-0.2, 0) is 6.61 Å². The van der Waals surface area contributed by atoms with Crippen molar-refractivity contribution in [1.29, 1.82) is 0 Å². The number of amides is 1. The molecule has 1 amide bonds. The summed E-state index contributed by atoms with van der Waals surface area (Å²) >= 11 is 0. The van der Waals surface area contributed by atoms with Crippen LogP contribution in [0.2, 0.25) is 0 Å². The Morgan fingerprint density at radius 2 is 1.96 bits per heavy atom. The summed E-state index contributed by atoms with van der Waals surface area (Å²) in [5, 5.41) is 6.79. The Balaban J connectivity index is 1.65. The number of carbonyl (C=O) groups excluding carboxylic acids is 1. The van der Waals surface area contributed by atoms with Crippen molar-refractivity contribution in [2.75, 3.05) is 5.32 Å². The van der Waals surface area contributed by atoms with Crippen LogP contribution in [-0.4, -0.2) is 16.0 Å². The van der Waals surface area contributed by atoms with Crippen LogP contribution in [0.25, 0.3) is 0 Å². The van der Waals surface area contributed by atoms with Gasteiger partial charge in [-0.1, -0.05) is 17.3 Å². The van der Waals surface area contributed by atoms with Crippen molar-refractivity contribution in [2.45, 2.75) is 34.3 Å². The molecule has 1 aromatic carbocycles. The molecule has 6 nitrogen and oxygen atoms in total. The van der Waals surface area contributed by atoms with Gasteiger partial charge in [-0.15, -0.1) is 0 Å². The highest BCUT2D eigenvalue weighted by Crippen LogP contribution is 2.20. The zero-order valence-corrected chi connectivity index (χ0v) is 15.3. The molecular weight excluding hydrogens is 330 g/mol. The lowest BCUT2D eigenvalue weighted by atomic mass is 10.1. The second-order valence-electron chi connectivity index (χ2n) is 6.17. The van der Waals surface area contributed by atoms with Gasteiger partial charge in [0.25, 0.3) is 5.91 Å². The van der Waals surface area contributed by atoms with Crippen molar-refractivity contribution in [3.05, 3.63) is 70.4 Å². The van der Waals surface area contributed by atoms with E-state index in [2.05, 4.69) is 15.5 Å². The summed E-state index contributed by atoms with van der Waals surface area (Å²) in [6.07, 6.45) is 1.54. The first-order chi connectivity index (χ1) is 12.5. The van der Waals surface area contributed by atoms with Crippen molar-refractivity contribution < 1.29 is 14.1 Å². The molecule has 0 aliphatic rings. The van der Waals surface area contributed by atoms with E-state index in [0.29, 0.717) is 18.1 Å². The maximum absolute atomic E-state index is 12.4. The third-order valence-corrected chi connectivity index (χ3v) is 4.39. The molecule has 0 saturated heterocycles. The van der Waals surface area contributed by atoms with Gasteiger partial charge in [-0.3, -0.25) is 4.79 Å². The van der Waals surface area contributed by atoms with E-state index in [1.165, 1.54) is 6.20 Å². The summed E-state index contributed by atoms with van der Waals surface area (Å²) in [5.74, 6) is 1.06. The lowest BCUT2D eigenvalue weighted by molar-refractivity contribution is 0.102. The minimum Gasteiger partial charge on any atom is -0.487 e. The van der Waals surface area contributed by atoms with Gasteiger partial charge in [-0.05, 0) is 57.0 Å². The fraction of sp³-hybridized carbons (Fsp3) is 0.250. The van der Waals surface area contributed by atoms with Crippen LogP contribution in [0.1, 0.15) is 38.6 Å². The topological polar surface area (TPSA) is 77.2 Å². The van der Waals surface area contributed by atoms with Gasteiger partial charge in [0.2, 0.25) is 0 Å². The fourth-order valence-electron chi connectivity index (χ4n) is 2.54. The molecule has 0 bridgehead atoms. The Hall–Kier alpha value is -3.15. The smallest absolute Gasteiger partial charge is 0.274 e. The van der Waals surface area contributed by atoms with Crippen molar-refractivity contribution in [3.8, 4) is 5.75 Å². The molecule has 2 heterocycles. The highest BCUT2D eigenvalue weighted by molar-refractivity contribution is 6.03. The van der Waals surface area contributed by atoms with Crippen molar-refractivity contribution in [3.63, 3.8) is 0 Å². The molecule has 0 spiro atoms.